The molecule has 3 atom stereocenters. The van der Waals surface area contributed by atoms with E-state index in [1.807, 2.05) is 13.0 Å². The molecule has 0 bridgehead atoms. The van der Waals surface area contributed by atoms with E-state index in [1.165, 1.54) is 5.56 Å². The maximum atomic E-state index is 13.4. The largest absolute Gasteiger partial charge is 0.381 e. The molecule has 3 fully saturated rings. The predicted molar refractivity (Wildman–Crippen MR) is 106 cm³/mol. The van der Waals surface area contributed by atoms with Crippen molar-refractivity contribution in [1.29, 1.82) is 0 Å². The molecule has 3 aliphatic heterocycles. The molecule has 5 rings (SSSR count). The average Bonchev–Trinajstić information content (AvgIpc) is 3.43. The van der Waals surface area contributed by atoms with Gasteiger partial charge in [-0.15, -0.1) is 0 Å². The van der Waals surface area contributed by atoms with Crippen LogP contribution in [-0.4, -0.2) is 58.7 Å². The van der Waals surface area contributed by atoms with E-state index < -0.39 is 0 Å². The quantitative estimate of drug-likeness (QED) is 0.791. The molecule has 3 aliphatic rings. The molecule has 0 aliphatic carbocycles. The van der Waals surface area contributed by atoms with Crippen molar-refractivity contribution in [3.8, 4) is 0 Å². The molecular formula is C22H28N4O3. The Morgan fingerprint density at radius 1 is 1.14 bits per heavy atom. The zero-order valence-corrected chi connectivity index (χ0v) is 16.9. The molecule has 0 N–H and O–H groups in total. The highest BCUT2D eigenvalue weighted by Crippen LogP contribution is 2.46. The Morgan fingerprint density at radius 3 is 2.66 bits per heavy atom. The fraction of sp³-hybridized carbons (Fsp3) is 0.591. The first-order chi connectivity index (χ1) is 14.2. The highest BCUT2D eigenvalue weighted by atomic mass is 16.5. The van der Waals surface area contributed by atoms with Gasteiger partial charge >= 0.3 is 0 Å². The van der Waals surface area contributed by atoms with Gasteiger partial charge in [-0.05, 0) is 31.2 Å². The molecule has 3 saturated heterocycles. The summed E-state index contributed by atoms with van der Waals surface area (Å²) in [5.74, 6) is 2.68. The van der Waals surface area contributed by atoms with Crippen molar-refractivity contribution in [2.75, 3.05) is 32.8 Å². The number of hydrogen-bond acceptors (Lipinski definition) is 6. The third-order valence-electron chi connectivity index (χ3n) is 6.66. The second-order valence-corrected chi connectivity index (χ2v) is 8.59. The maximum absolute atomic E-state index is 13.4. The molecular weight excluding hydrogens is 368 g/mol. The number of rotatable bonds is 4. The average molecular weight is 396 g/mol. The van der Waals surface area contributed by atoms with Crippen LogP contribution in [-0.2, 0) is 16.1 Å². The van der Waals surface area contributed by atoms with Crippen LogP contribution < -0.4 is 0 Å². The monoisotopic (exact) mass is 396 g/mol. The van der Waals surface area contributed by atoms with Crippen molar-refractivity contribution in [3.05, 3.63) is 47.6 Å². The number of carbonyl (C=O) groups is 1. The van der Waals surface area contributed by atoms with Gasteiger partial charge in [0.1, 0.15) is 0 Å². The number of aryl methyl sites for hydroxylation is 1. The number of aromatic nitrogens is 2. The molecule has 0 saturated carbocycles. The Labute approximate surface area is 171 Å². The number of fused-ring (bicyclic) bond motifs is 1. The Hall–Kier alpha value is -2.25. The van der Waals surface area contributed by atoms with E-state index in [9.17, 15) is 4.79 Å². The van der Waals surface area contributed by atoms with Gasteiger partial charge < -0.3 is 14.2 Å². The summed E-state index contributed by atoms with van der Waals surface area (Å²) in [6, 6.07) is 10.7. The molecule has 1 aromatic carbocycles. The second-order valence-electron chi connectivity index (χ2n) is 8.59. The number of ether oxygens (including phenoxy) is 1. The SMILES string of the molecule is Cc1noc(CN2C[C@H]3CN(C(=O)C4CCOCC4)[C@H](c4ccccc4)[C@H]3C2)n1. The van der Waals surface area contributed by atoms with Crippen LogP contribution in [0.5, 0.6) is 0 Å². The third-order valence-corrected chi connectivity index (χ3v) is 6.66. The van der Waals surface area contributed by atoms with Crippen molar-refractivity contribution in [1.82, 2.24) is 19.9 Å². The fourth-order valence-corrected chi connectivity index (χ4v) is 5.35. The van der Waals surface area contributed by atoms with Crippen LogP contribution in [0.3, 0.4) is 0 Å². The molecule has 0 unspecified atom stereocenters. The van der Waals surface area contributed by atoms with Crippen molar-refractivity contribution in [2.45, 2.75) is 32.4 Å². The third kappa shape index (κ3) is 3.69. The van der Waals surface area contributed by atoms with Gasteiger partial charge in [0.15, 0.2) is 5.82 Å². The van der Waals surface area contributed by atoms with Crippen molar-refractivity contribution in [3.63, 3.8) is 0 Å². The van der Waals surface area contributed by atoms with Gasteiger partial charge in [-0.3, -0.25) is 9.69 Å². The normalized spacial score (nSPS) is 28.0. The Kier molecular flexibility index (Phi) is 5.09. The molecule has 1 aromatic heterocycles. The minimum atomic E-state index is 0.103. The van der Waals surface area contributed by atoms with Gasteiger partial charge in [-0.2, -0.15) is 4.98 Å². The molecule has 0 spiro atoms. The number of nitrogens with zero attached hydrogens (tertiary/aromatic N) is 4. The van der Waals surface area contributed by atoms with Gasteiger partial charge in [0.05, 0.1) is 12.6 Å². The molecule has 154 valence electrons. The Morgan fingerprint density at radius 2 is 1.93 bits per heavy atom. The zero-order chi connectivity index (χ0) is 19.8. The van der Waals surface area contributed by atoms with Gasteiger partial charge in [-0.1, -0.05) is 35.5 Å². The maximum Gasteiger partial charge on any atom is 0.240 e. The predicted octanol–water partition coefficient (Wildman–Crippen LogP) is 2.44. The number of carbonyl (C=O) groups excluding carboxylic acids is 1. The Balaban J connectivity index is 1.36. The summed E-state index contributed by atoms with van der Waals surface area (Å²) in [6.45, 7) is 6.67. The number of amides is 1. The fourth-order valence-electron chi connectivity index (χ4n) is 5.35. The zero-order valence-electron chi connectivity index (χ0n) is 16.9. The van der Waals surface area contributed by atoms with Crippen molar-refractivity contribution < 1.29 is 14.1 Å². The standard InChI is InChI=1S/C22H28N4O3/c1-15-23-20(29-24-15)14-25-11-18-12-26(22(27)17-7-9-28-10-8-17)21(19(18)13-25)16-5-3-2-4-6-16/h2-6,17-19,21H,7-14H2,1H3/t18-,19-,21+/m0/s1. The van der Waals surface area contributed by atoms with E-state index in [-0.39, 0.29) is 12.0 Å². The molecule has 29 heavy (non-hydrogen) atoms. The van der Waals surface area contributed by atoms with E-state index in [4.69, 9.17) is 9.26 Å². The lowest BCUT2D eigenvalue weighted by molar-refractivity contribution is -0.140. The van der Waals surface area contributed by atoms with E-state index >= 15 is 0 Å². The summed E-state index contributed by atoms with van der Waals surface area (Å²) in [5.41, 5.74) is 1.25. The lowest BCUT2D eigenvalue weighted by atomic mass is 9.89. The van der Waals surface area contributed by atoms with Gasteiger partial charge in [-0.25, -0.2) is 0 Å². The molecule has 2 aromatic rings. The second kappa shape index (κ2) is 7.88. The molecule has 7 nitrogen and oxygen atoms in total. The summed E-state index contributed by atoms with van der Waals surface area (Å²) in [7, 11) is 0. The van der Waals surface area contributed by atoms with Gasteiger partial charge in [0.2, 0.25) is 11.8 Å². The topological polar surface area (TPSA) is 71.7 Å². The van der Waals surface area contributed by atoms with Crippen molar-refractivity contribution in [2.24, 2.45) is 17.8 Å². The van der Waals surface area contributed by atoms with Gasteiger partial charge in [0.25, 0.3) is 0 Å². The number of benzene rings is 1. The molecule has 1 amide bonds. The summed E-state index contributed by atoms with van der Waals surface area (Å²) < 4.78 is 10.8. The van der Waals surface area contributed by atoms with E-state index in [0.29, 0.717) is 49.2 Å². The Bertz CT molecular complexity index is 849. The number of likely N-dealkylation sites (tertiary alicyclic amines) is 2. The molecule has 0 radical (unpaired) electrons. The summed E-state index contributed by atoms with van der Waals surface area (Å²) in [6.07, 6.45) is 1.68. The highest BCUT2D eigenvalue weighted by Gasteiger charge is 2.50. The first kappa shape index (κ1) is 18.8. The van der Waals surface area contributed by atoms with Crippen LogP contribution in [0.15, 0.2) is 34.9 Å². The van der Waals surface area contributed by atoms with Crippen LogP contribution in [0.25, 0.3) is 0 Å². The minimum Gasteiger partial charge on any atom is -0.381 e. The van der Waals surface area contributed by atoms with Crippen molar-refractivity contribution >= 4 is 5.91 Å². The van der Waals surface area contributed by atoms with Gasteiger partial charge in [0, 0.05) is 44.7 Å². The smallest absolute Gasteiger partial charge is 0.240 e. The first-order valence-electron chi connectivity index (χ1n) is 10.6. The van der Waals surface area contributed by atoms with Crippen LogP contribution in [0.2, 0.25) is 0 Å². The first-order valence-corrected chi connectivity index (χ1v) is 10.6. The molecule has 4 heterocycles. The highest BCUT2D eigenvalue weighted by molar-refractivity contribution is 5.80. The summed E-state index contributed by atoms with van der Waals surface area (Å²) >= 11 is 0. The number of hydrogen-bond donors (Lipinski definition) is 0. The minimum absolute atomic E-state index is 0.103. The van der Waals surface area contributed by atoms with E-state index in [2.05, 4.69) is 44.2 Å². The van der Waals surface area contributed by atoms with Crippen LogP contribution in [0.1, 0.15) is 36.2 Å². The van der Waals surface area contributed by atoms with Crippen LogP contribution in [0, 0.1) is 24.7 Å². The van der Waals surface area contributed by atoms with Crippen LogP contribution >= 0.6 is 0 Å². The lowest BCUT2D eigenvalue weighted by Crippen LogP contribution is -2.40. The molecule has 7 heteroatoms. The lowest BCUT2D eigenvalue weighted by Gasteiger charge is -2.33. The van der Waals surface area contributed by atoms with E-state index in [1.54, 1.807) is 0 Å². The van der Waals surface area contributed by atoms with Crippen LogP contribution in [0.4, 0.5) is 0 Å². The summed E-state index contributed by atoms with van der Waals surface area (Å²) in [5, 5.41) is 3.90. The summed E-state index contributed by atoms with van der Waals surface area (Å²) in [4.78, 5) is 22.3. The van der Waals surface area contributed by atoms with E-state index in [0.717, 1.165) is 32.5 Å².